The molecule has 0 bridgehead atoms. The maximum absolute atomic E-state index is 4.20. The topological polar surface area (TPSA) is 0 Å². The van der Waals surface area contributed by atoms with Gasteiger partial charge in [0.05, 0.1) is 0 Å². The first-order valence-corrected chi connectivity index (χ1v) is 11.9. The van der Waals surface area contributed by atoms with Crippen molar-refractivity contribution in [3.63, 3.8) is 0 Å². The van der Waals surface area contributed by atoms with Gasteiger partial charge < -0.3 is 0 Å². The monoisotopic (exact) mass is 402 g/mol. The number of benzene rings is 1. The van der Waals surface area contributed by atoms with Gasteiger partial charge in [-0.15, -0.1) is 12.6 Å². The summed E-state index contributed by atoms with van der Waals surface area (Å²) in [7, 11) is 0. The van der Waals surface area contributed by atoms with Gasteiger partial charge in [0, 0.05) is 4.90 Å². The minimum atomic E-state index is 1.02. The van der Waals surface area contributed by atoms with Gasteiger partial charge in [0.25, 0.3) is 0 Å². The molecule has 0 spiro atoms. The molecule has 0 saturated heterocycles. The Morgan fingerprint density at radius 2 is 0.960 bits per heavy atom. The smallest absolute Gasteiger partial charge is 0.00399 e. The lowest BCUT2D eigenvalue weighted by Gasteiger charge is -2.00. The van der Waals surface area contributed by atoms with Gasteiger partial charge in [0.1, 0.15) is 0 Å². The number of hydrogen-bond acceptors (Lipinski definition) is 3. The Labute approximate surface area is 175 Å². The quantitative estimate of drug-likeness (QED) is 0.226. The number of hydrogen-bond donors (Lipinski definition) is 3. The lowest BCUT2D eigenvalue weighted by atomic mass is 10.1. The molecule has 0 atom stereocenters. The van der Waals surface area contributed by atoms with Gasteiger partial charge in [0.15, 0.2) is 0 Å². The van der Waals surface area contributed by atoms with Crippen molar-refractivity contribution in [2.75, 3.05) is 11.5 Å². The van der Waals surface area contributed by atoms with Crippen molar-refractivity contribution in [1.29, 1.82) is 0 Å². The normalized spacial score (nSPS) is 9.64. The Balaban J connectivity index is 0. The highest BCUT2D eigenvalue weighted by Crippen LogP contribution is 2.10. The van der Waals surface area contributed by atoms with Crippen molar-refractivity contribution in [2.24, 2.45) is 0 Å². The largest absolute Gasteiger partial charge is 0.179 e. The number of thiol groups is 3. The Morgan fingerprint density at radius 1 is 0.560 bits per heavy atom. The van der Waals surface area contributed by atoms with Crippen molar-refractivity contribution < 1.29 is 0 Å². The molecule has 0 unspecified atom stereocenters. The van der Waals surface area contributed by atoms with Crippen LogP contribution in [0.3, 0.4) is 0 Å². The van der Waals surface area contributed by atoms with Crippen LogP contribution in [0.4, 0.5) is 0 Å². The van der Waals surface area contributed by atoms with Crippen LogP contribution in [-0.2, 0) is 0 Å². The third-order valence-corrected chi connectivity index (χ3v) is 4.71. The van der Waals surface area contributed by atoms with Crippen molar-refractivity contribution >= 4 is 37.9 Å². The predicted octanol–water partition coefficient (Wildman–Crippen LogP) is 8.53. The molecule has 0 radical (unpaired) electrons. The lowest BCUT2D eigenvalue weighted by Crippen LogP contribution is -1.81. The standard InChI is InChI=1S/C12H26S.C6H6S.C4H10S/c1-2-3-4-5-6-7-8-9-10-11-12-13;7-6-4-2-1-3-5-6;1-2-3-4-5/h13H,2-12H2,1H3;1-5,7H;5H,2-4H2,1H3. The molecule has 1 aromatic rings. The Morgan fingerprint density at radius 3 is 1.24 bits per heavy atom. The highest BCUT2D eigenvalue weighted by Gasteiger charge is 1.91. The minimum Gasteiger partial charge on any atom is -0.179 e. The maximum Gasteiger partial charge on any atom is 0.00399 e. The van der Waals surface area contributed by atoms with Crippen molar-refractivity contribution in [2.45, 2.75) is 95.8 Å². The van der Waals surface area contributed by atoms with Crippen molar-refractivity contribution in [1.82, 2.24) is 0 Å². The van der Waals surface area contributed by atoms with Gasteiger partial charge in [-0.1, -0.05) is 96.3 Å². The summed E-state index contributed by atoms with van der Waals surface area (Å²) in [5, 5.41) is 0. The summed E-state index contributed by atoms with van der Waals surface area (Å²) in [6.45, 7) is 4.44. The van der Waals surface area contributed by atoms with Crippen molar-refractivity contribution in [3.8, 4) is 0 Å². The molecule has 0 aliphatic rings. The number of unbranched alkanes of at least 4 members (excludes halogenated alkanes) is 10. The zero-order chi connectivity index (χ0) is 19.0. The lowest BCUT2D eigenvalue weighted by molar-refractivity contribution is 0.563. The van der Waals surface area contributed by atoms with Crippen LogP contribution in [0.5, 0.6) is 0 Å². The van der Waals surface area contributed by atoms with Gasteiger partial charge in [0.2, 0.25) is 0 Å². The van der Waals surface area contributed by atoms with Crippen LogP contribution >= 0.6 is 37.9 Å². The fourth-order valence-corrected chi connectivity index (χ4v) is 2.90. The molecule has 1 aromatic carbocycles. The minimum absolute atomic E-state index is 1.02. The second kappa shape index (κ2) is 26.5. The van der Waals surface area contributed by atoms with E-state index in [1.165, 1.54) is 77.0 Å². The molecule has 25 heavy (non-hydrogen) atoms. The van der Waals surface area contributed by atoms with Gasteiger partial charge in [-0.25, -0.2) is 0 Å². The second-order valence-electron chi connectivity index (χ2n) is 6.32. The summed E-state index contributed by atoms with van der Waals surface area (Å²) in [5.74, 6) is 2.10. The maximum atomic E-state index is 4.20. The van der Waals surface area contributed by atoms with Crippen LogP contribution in [0.25, 0.3) is 0 Å². The van der Waals surface area contributed by atoms with Crippen LogP contribution in [0.15, 0.2) is 35.2 Å². The summed E-state index contributed by atoms with van der Waals surface area (Å²) in [6, 6.07) is 9.79. The average molecular weight is 403 g/mol. The predicted molar refractivity (Wildman–Crippen MR) is 128 cm³/mol. The fourth-order valence-electron chi connectivity index (χ4n) is 2.19. The first-order valence-electron chi connectivity index (χ1n) is 10.2. The highest BCUT2D eigenvalue weighted by molar-refractivity contribution is 7.80. The number of rotatable bonds is 12. The van der Waals surface area contributed by atoms with Crippen molar-refractivity contribution in [3.05, 3.63) is 30.3 Å². The first kappa shape index (κ1) is 27.5. The molecule has 148 valence electrons. The van der Waals surface area contributed by atoms with Crippen LogP contribution in [0.1, 0.15) is 90.9 Å². The van der Waals surface area contributed by atoms with Gasteiger partial charge >= 0.3 is 0 Å². The Hall–Kier alpha value is 0.270. The summed E-state index contributed by atoms with van der Waals surface area (Å²) < 4.78 is 0. The van der Waals surface area contributed by atoms with Crippen LogP contribution < -0.4 is 0 Å². The highest BCUT2D eigenvalue weighted by atomic mass is 32.1. The van der Waals surface area contributed by atoms with E-state index in [2.05, 4.69) is 51.7 Å². The van der Waals surface area contributed by atoms with E-state index in [0.29, 0.717) is 0 Å². The molecule has 0 aliphatic heterocycles. The van der Waals surface area contributed by atoms with E-state index in [-0.39, 0.29) is 0 Å². The molecule has 0 saturated carbocycles. The SMILES string of the molecule is CCCCCCCCCCCCS.CCCCS.Sc1ccccc1. The second-order valence-corrected chi connectivity index (χ2v) is 7.73. The molecule has 0 heterocycles. The zero-order valence-corrected chi connectivity index (χ0v) is 19.3. The third kappa shape index (κ3) is 29.3. The van der Waals surface area contributed by atoms with E-state index in [1.54, 1.807) is 0 Å². The van der Waals surface area contributed by atoms with E-state index >= 15 is 0 Å². The van der Waals surface area contributed by atoms with Crippen LogP contribution in [-0.4, -0.2) is 11.5 Å². The van der Waals surface area contributed by atoms with E-state index in [9.17, 15) is 0 Å². The third-order valence-electron chi connectivity index (χ3n) is 3.78. The molecule has 3 heteroatoms. The molecule has 0 aromatic heterocycles. The molecule has 0 amide bonds. The molecular formula is C22H42S3. The molecule has 0 aliphatic carbocycles. The molecule has 0 fully saturated rings. The van der Waals surface area contributed by atoms with Gasteiger partial charge in [-0.3, -0.25) is 0 Å². The fraction of sp³-hybridized carbons (Fsp3) is 0.727. The average Bonchev–Trinajstić information content (AvgIpc) is 2.63. The Kier molecular flexibility index (Phi) is 29.1. The van der Waals surface area contributed by atoms with Crippen LogP contribution in [0.2, 0.25) is 0 Å². The molecule has 0 nitrogen and oxygen atoms in total. The van der Waals surface area contributed by atoms with E-state index in [1.807, 2.05) is 30.3 Å². The molecular weight excluding hydrogens is 360 g/mol. The summed E-state index contributed by atoms with van der Waals surface area (Å²) in [6.07, 6.45) is 16.7. The van der Waals surface area contributed by atoms with E-state index < -0.39 is 0 Å². The molecule has 1 rings (SSSR count). The van der Waals surface area contributed by atoms with E-state index in [4.69, 9.17) is 0 Å². The summed E-state index contributed by atoms with van der Waals surface area (Å²) >= 11 is 12.3. The Bertz CT molecular complexity index is 302. The molecule has 0 N–H and O–H groups in total. The van der Waals surface area contributed by atoms with Gasteiger partial charge in [-0.2, -0.15) is 25.3 Å². The van der Waals surface area contributed by atoms with Gasteiger partial charge in [-0.05, 0) is 36.5 Å². The summed E-state index contributed by atoms with van der Waals surface area (Å²) in [5.41, 5.74) is 0. The van der Waals surface area contributed by atoms with Crippen LogP contribution in [0, 0.1) is 0 Å². The van der Waals surface area contributed by atoms with E-state index in [0.717, 1.165) is 16.4 Å². The first-order chi connectivity index (χ1) is 12.2. The zero-order valence-electron chi connectivity index (χ0n) is 16.6. The summed E-state index contributed by atoms with van der Waals surface area (Å²) in [4.78, 5) is 1.02.